The number of aliphatic hydroxyl groups excluding tert-OH is 1. The van der Waals surface area contributed by atoms with Gasteiger partial charge < -0.3 is 5.11 Å². The molecule has 1 N–H and O–H groups in total. The molecule has 0 aliphatic rings. The summed E-state index contributed by atoms with van der Waals surface area (Å²) in [6.45, 7) is 1.42. The normalized spacial score (nSPS) is 13.0. The molecule has 31 heavy (non-hydrogen) atoms. The zero-order valence-electron chi connectivity index (χ0n) is 16.6. The van der Waals surface area contributed by atoms with Crippen LogP contribution in [0.1, 0.15) is 18.5 Å². The fourth-order valence-corrected chi connectivity index (χ4v) is 3.27. The highest BCUT2D eigenvalue weighted by Gasteiger charge is 2.30. The molecule has 0 amide bonds. The van der Waals surface area contributed by atoms with Gasteiger partial charge in [0.05, 0.1) is 41.8 Å². The van der Waals surface area contributed by atoms with Gasteiger partial charge in [-0.25, -0.2) is 9.97 Å². The summed E-state index contributed by atoms with van der Waals surface area (Å²) < 4.78 is 41.7. The van der Waals surface area contributed by atoms with Crippen LogP contribution in [0.25, 0.3) is 33.4 Å². The highest BCUT2D eigenvalue weighted by atomic mass is 19.4. The predicted octanol–water partition coefficient (Wildman–Crippen LogP) is 3.43. The number of rotatable bonds is 4. The molecule has 1 aromatic carbocycles. The van der Waals surface area contributed by atoms with E-state index in [4.69, 9.17) is 0 Å². The minimum atomic E-state index is -4.45. The van der Waals surface area contributed by atoms with Gasteiger partial charge in [-0.1, -0.05) is 12.1 Å². The van der Waals surface area contributed by atoms with Crippen molar-refractivity contribution in [2.24, 2.45) is 7.05 Å². The smallest absolute Gasteiger partial charge is 0.394 e. The molecule has 1 atom stereocenters. The number of fused-ring (bicyclic) bond motifs is 1. The van der Waals surface area contributed by atoms with Crippen molar-refractivity contribution < 1.29 is 18.3 Å². The van der Waals surface area contributed by atoms with Crippen molar-refractivity contribution in [2.45, 2.75) is 19.1 Å². The Labute approximate surface area is 174 Å². The van der Waals surface area contributed by atoms with Crippen molar-refractivity contribution in [1.82, 2.24) is 24.3 Å². The second kappa shape index (κ2) is 7.62. The lowest BCUT2D eigenvalue weighted by Crippen LogP contribution is -2.25. The lowest BCUT2D eigenvalue weighted by molar-refractivity contribution is -0.137. The molecule has 0 radical (unpaired) electrons. The van der Waals surface area contributed by atoms with Crippen molar-refractivity contribution in [3.05, 3.63) is 65.0 Å². The molecule has 7 nitrogen and oxygen atoms in total. The summed E-state index contributed by atoms with van der Waals surface area (Å²) in [6.07, 6.45) is 0.183. The molecule has 160 valence electrons. The van der Waals surface area contributed by atoms with Crippen LogP contribution in [-0.4, -0.2) is 36.0 Å². The number of halogens is 3. The van der Waals surface area contributed by atoms with Crippen LogP contribution in [0.5, 0.6) is 0 Å². The Hall–Kier alpha value is -3.53. The highest BCUT2D eigenvalue weighted by Crippen LogP contribution is 2.32. The summed E-state index contributed by atoms with van der Waals surface area (Å²) in [5.74, 6) is 0. The van der Waals surface area contributed by atoms with Crippen molar-refractivity contribution in [1.29, 1.82) is 0 Å². The Morgan fingerprint density at radius 2 is 1.87 bits per heavy atom. The third-order valence-corrected chi connectivity index (χ3v) is 4.99. The molecule has 3 heterocycles. The van der Waals surface area contributed by atoms with Crippen LogP contribution in [0.2, 0.25) is 0 Å². The molecular weight excluding hydrogens is 411 g/mol. The average molecular weight is 429 g/mol. The van der Waals surface area contributed by atoms with Crippen LogP contribution in [-0.2, 0) is 13.2 Å². The molecule has 4 rings (SSSR count). The van der Waals surface area contributed by atoms with Crippen LogP contribution in [0.15, 0.2) is 53.8 Å². The molecule has 0 aliphatic carbocycles. The third-order valence-electron chi connectivity index (χ3n) is 4.99. The van der Waals surface area contributed by atoms with Gasteiger partial charge in [0.15, 0.2) is 0 Å². The topological polar surface area (TPSA) is 85.8 Å². The zero-order chi connectivity index (χ0) is 22.3. The van der Waals surface area contributed by atoms with Crippen molar-refractivity contribution in [2.75, 3.05) is 6.61 Å². The van der Waals surface area contributed by atoms with Gasteiger partial charge in [-0.3, -0.25) is 14.0 Å². The first kappa shape index (κ1) is 20.7. The SMILES string of the molecule is CC(CO)n1cnc2c(-c3cnn(C)c3)nc(-c3ccc(C(F)(F)F)cc3)cc2c1=O. The Morgan fingerprint density at radius 1 is 1.16 bits per heavy atom. The summed E-state index contributed by atoms with van der Waals surface area (Å²) >= 11 is 0. The van der Waals surface area contributed by atoms with Gasteiger partial charge in [-0.05, 0) is 25.1 Å². The average Bonchev–Trinajstić information content (AvgIpc) is 3.18. The first-order chi connectivity index (χ1) is 14.7. The summed E-state index contributed by atoms with van der Waals surface area (Å²) in [6, 6.07) is 5.59. The van der Waals surface area contributed by atoms with Gasteiger partial charge in [0.2, 0.25) is 0 Å². The van der Waals surface area contributed by atoms with Crippen molar-refractivity contribution in [3.8, 4) is 22.5 Å². The predicted molar refractivity (Wildman–Crippen MR) is 108 cm³/mol. The quantitative estimate of drug-likeness (QED) is 0.537. The minimum Gasteiger partial charge on any atom is -0.394 e. The van der Waals surface area contributed by atoms with E-state index < -0.39 is 17.8 Å². The number of aliphatic hydroxyl groups is 1. The largest absolute Gasteiger partial charge is 0.416 e. The van der Waals surface area contributed by atoms with E-state index in [2.05, 4.69) is 15.1 Å². The van der Waals surface area contributed by atoms with Gasteiger partial charge in [0, 0.05) is 24.4 Å². The zero-order valence-corrected chi connectivity index (χ0v) is 16.6. The van der Waals surface area contributed by atoms with Crippen molar-refractivity contribution in [3.63, 3.8) is 0 Å². The number of hydrogen-bond donors (Lipinski definition) is 1. The monoisotopic (exact) mass is 429 g/mol. The third kappa shape index (κ3) is 3.81. The Bertz CT molecular complexity index is 1310. The van der Waals surface area contributed by atoms with Crippen LogP contribution in [0.3, 0.4) is 0 Å². The molecular formula is C21H18F3N5O2. The van der Waals surface area contributed by atoms with E-state index in [1.165, 1.54) is 29.1 Å². The molecule has 0 aliphatic heterocycles. The molecule has 0 saturated carbocycles. The Kier molecular flexibility index (Phi) is 5.10. The lowest BCUT2D eigenvalue weighted by Gasteiger charge is -2.14. The number of aromatic nitrogens is 5. The summed E-state index contributed by atoms with van der Waals surface area (Å²) in [5, 5.41) is 13.8. The molecule has 4 aromatic rings. The Balaban J connectivity index is 1.97. The molecule has 0 spiro atoms. The number of benzene rings is 1. The number of pyridine rings is 1. The number of hydrogen-bond acceptors (Lipinski definition) is 5. The van der Waals surface area contributed by atoms with E-state index in [9.17, 15) is 23.1 Å². The van der Waals surface area contributed by atoms with Crippen LogP contribution in [0.4, 0.5) is 13.2 Å². The van der Waals surface area contributed by atoms with Gasteiger partial charge in [0.1, 0.15) is 11.2 Å². The van der Waals surface area contributed by atoms with Gasteiger partial charge in [-0.15, -0.1) is 0 Å². The first-order valence-electron chi connectivity index (χ1n) is 9.38. The van der Waals surface area contributed by atoms with E-state index in [1.807, 2.05) is 0 Å². The van der Waals surface area contributed by atoms with Crippen LogP contribution in [0, 0.1) is 0 Å². The second-order valence-electron chi connectivity index (χ2n) is 7.22. The standard InChI is InChI=1S/C21H18F3N5O2/c1-12(10-30)29-11-25-19-16(20(29)31)7-17(27-18(19)14-8-26-28(2)9-14)13-3-5-15(6-4-13)21(22,23)24/h3-9,11-12,30H,10H2,1-2H3. The van der Waals surface area contributed by atoms with E-state index in [0.717, 1.165) is 12.1 Å². The highest BCUT2D eigenvalue weighted by molar-refractivity contribution is 5.93. The summed E-state index contributed by atoms with van der Waals surface area (Å²) in [7, 11) is 1.73. The first-order valence-corrected chi connectivity index (χ1v) is 9.38. The maximum Gasteiger partial charge on any atom is 0.416 e. The van der Waals surface area contributed by atoms with E-state index in [-0.39, 0.29) is 17.6 Å². The Morgan fingerprint density at radius 3 is 2.45 bits per heavy atom. The summed E-state index contributed by atoms with van der Waals surface area (Å²) in [4.78, 5) is 22.1. The van der Waals surface area contributed by atoms with Gasteiger partial charge >= 0.3 is 6.18 Å². The lowest BCUT2D eigenvalue weighted by atomic mass is 10.0. The number of nitrogens with zero attached hydrogens (tertiary/aromatic N) is 5. The van der Waals surface area contributed by atoms with E-state index in [0.29, 0.717) is 28.0 Å². The molecule has 0 saturated heterocycles. The van der Waals surface area contributed by atoms with Gasteiger partial charge in [-0.2, -0.15) is 18.3 Å². The summed E-state index contributed by atoms with van der Waals surface area (Å²) in [5.41, 5.74) is 0.938. The second-order valence-corrected chi connectivity index (χ2v) is 7.22. The van der Waals surface area contributed by atoms with Crippen LogP contribution >= 0.6 is 0 Å². The fourth-order valence-electron chi connectivity index (χ4n) is 3.27. The van der Waals surface area contributed by atoms with Crippen LogP contribution < -0.4 is 5.56 Å². The minimum absolute atomic E-state index is 0.242. The fraction of sp³-hybridized carbons (Fsp3) is 0.238. The number of alkyl halides is 3. The van der Waals surface area contributed by atoms with Crippen molar-refractivity contribution >= 4 is 10.9 Å². The molecule has 10 heteroatoms. The number of aryl methyl sites for hydroxylation is 1. The molecule has 0 bridgehead atoms. The molecule has 3 aromatic heterocycles. The maximum absolute atomic E-state index is 13.1. The van der Waals surface area contributed by atoms with Gasteiger partial charge in [0.25, 0.3) is 5.56 Å². The van der Waals surface area contributed by atoms with E-state index in [1.54, 1.807) is 31.0 Å². The maximum atomic E-state index is 13.1. The molecule has 0 fully saturated rings. The van der Waals surface area contributed by atoms with E-state index >= 15 is 0 Å². The molecule has 1 unspecified atom stereocenters.